The quantitative estimate of drug-likeness (QED) is 0.470. The fourth-order valence-electron chi connectivity index (χ4n) is 4.24. The largest absolute Gasteiger partial charge is 0.507 e. The molecule has 0 atom stereocenters. The van der Waals surface area contributed by atoms with Gasteiger partial charge in [0.15, 0.2) is 0 Å². The lowest BCUT2D eigenvalue weighted by atomic mass is 10.0. The molecule has 1 fully saturated rings. The number of nitrogens with zero attached hydrogens (tertiary/aromatic N) is 2. The van der Waals surface area contributed by atoms with Crippen LogP contribution in [-0.4, -0.2) is 33.4 Å². The molecule has 2 amide bonds. The highest BCUT2D eigenvalue weighted by Crippen LogP contribution is 2.38. The topological polar surface area (TPSA) is 96.3 Å². The lowest BCUT2D eigenvalue weighted by molar-refractivity contribution is 0.102. The molecule has 1 saturated carbocycles. The third-order valence-electron chi connectivity index (χ3n) is 6.07. The molecular weight excluding hydrogens is 416 g/mol. The van der Waals surface area contributed by atoms with Crippen LogP contribution < -0.4 is 10.6 Å². The maximum Gasteiger partial charge on any atom is 0.342 e. The van der Waals surface area contributed by atoms with Crippen molar-refractivity contribution in [1.29, 1.82) is 0 Å². The first kappa shape index (κ1) is 22.6. The standard InChI is InChI=1S/C26H30N4O3/c1-3-14-27-26(33)30-23(18-6-4-5-7-18)16-22(29-30)21-13-12-20(15-24(21)31)28-25(32)19-10-8-17(2)9-11-19/h8-13,15-16,18,31H,3-7,14H2,1-2H3,(H,27,33)(H,28,32). The molecule has 33 heavy (non-hydrogen) atoms. The number of amides is 2. The Labute approximate surface area is 193 Å². The van der Waals surface area contributed by atoms with Crippen LogP contribution in [0.15, 0.2) is 48.5 Å². The summed E-state index contributed by atoms with van der Waals surface area (Å²) in [4.78, 5) is 25.2. The smallest absolute Gasteiger partial charge is 0.342 e. The van der Waals surface area contributed by atoms with E-state index in [0.29, 0.717) is 29.1 Å². The molecule has 4 rings (SSSR count). The molecule has 2 aromatic carbocycles. The summed E-state index contributed by atoms with van der Waals surface area (Å²) < 4.78 is 1.45. The average Bonchev–Trinajstić information content (AvgIpc) is 3.48. The number of anilines is 1. The van der Waals surface area contributed by atoms with Crippen molar-refractivity contribution in [2.45, 2.75) is 51.9 Å². The molecule has 1 aliphatic carbocycles. The highest BCUT2D eigenvalue weighted by molar-refractivity contribution is 6.04. The molecule has 1 heterocycles. The lowest BCUT2D eigenvalue weighted by Gasteiger charge is -2.11. The van der Waals surface area contributed by atoms with Crippen LogP contribution in [0.1, 0.15) is 66.6 Å². The van der Waals surface area contributed by atoms with Crippen LogP contribution in [0.5, 0.6) is 5.75 Å². The van der Waals surface area contributed by atoms with Gasteiger partial charge in [-0.1, -0.05) is 37.5 Å². The Bertz CT molecular complexity index is 1140. The van der Waals surface area contributed by atoms with Crippen LogP contribution in [0.2, 0.25) is 0 Å². The fourth-order valence-corrected chi connectivity index (χ4v) is 4.24. The molecular formula is C26H30N4O3. The molecule has 1 aromatic heterocycles. The molecule has 0 saturated heterocycles. The molecule has 1 aliphatic rings. The van der Waals surface area contributed by atoms with Gasteiger partial charge in [0.25, 0.3) is 5.91 Å². The number of aromatic hydroxyl groups is 1. The molecule has 0 spiro atoms. The van der Waals surface area contributed by atoms with E-state index >= 15 is 0 Å². The minimum atomic E-state index is -0.248. The van der Waals surface area contributed by atoms with E-state index in [1.807, 2.05) is 32.0 Å². The molecule has 3 N–H and O–H groups in total. The van der Waals surface area contributed by atoms with Crippen LogP contribution in [0.3, 0.4) is 0 Å². The molecule has 7 nitrogen and oxygen atoms in total. The monoisotopic (exact) mass is 446 g/mol. The molecule has 0 bridgehead atoms. The number of nitrogens with one attached hydrogen (secondary N) is 2. The molecule has 7 heteroatoms. The van der Waals surface area contributed by atoms with Crippen molar-refractivity contribution in [3.05, 3.63) is 65.4 Å². The van der Waals surface area contributed by atoms with Crippen molar-refractivity contribution >= 4 is 17.6 Å². The van der Waals surface area contributed by atoms with E-state index in [1.165, 1.54) is 10.7 Å². The maximum absolute atomic E-state index is 12.7. The van der Waals surface area contributed by atoms with Crippen molar-refractivity contribution in [2.75, 3.05) is 11.9 Å². The zero-order chi connectivity index (χ0) is 23.4. The van der Waals surface area contributed by atoms with Gasteiger partial charge < -0.3 is 15.7 Å². The van der Waals surface area contributed by atoms with E-state index in [2.05, 4.69) is 15.7 Å². The number of phenols is 1. The van der Waals surface area contributed by atoms with Gasteiger partial charge in [-0.05, 0) is 56.5 Å². The second kappa shape index (κ2) is 9.90. The molecule has 172 valence electrons. The van der Waals surface area contributed by atoms with E-state index in [1.54, 1.807) is 24.3 Å². The van der Waals surface area contributed by atoms with E-state index in [-0.39, 0.29) is 23.6 Å². The Balaban J connectivity index is 1.58. The van der Waals surface area contributed by atoms with Crippen molar-refractivity contribution in [3.63, 3.8) is 0 Å². The van der Waals surface area contributed by atoms with Gasteiger partial charge in [0.1, 0.15) is 5.75 Å². The second-order valence-corrected chi connectivity index (χ2v) is 8.63. The highest BCUT2D eigenvalue weighted by Gasteiger charge is 2.26. The first-order valence-corrected chi connectivity index (χ1v) is 11.6. The molecule has 3 aromatic rings. The normalized spacial score (nSPS) is 13.8. The Morgan fingerprint density at radius 1 is 1.09 bits per heavy atom. The van der Waals surface area contributed by atoms with E-state index in [9.17, 15) is 14.7 Å². The summed E-state index contributed by atoms with van der Waals surface area (Å²) in [5.41, 5.74) is 4.04. The lowest BCUT2D eigenvalue weighted by Crippen LogP contribution is -2.31. The van der Waals surface area contributed by atoms with Gasteiger partial charge in [0.2, 0.25) is 0 Å². The van der Waals surface area contributed by atoms with Crippen LogP contribution in [0, 0.1) is 6.92 Å². The van der Waals surface area contributed by atoms with Crippen molar-refractivity contribution in [2.24, 2.45) is 0 Å². The highest BCUT2D eigenvalue weighted by atomic mass is 16.3. The Kier molecular flexibility index (Phi) is 6.77. The van der Waals surface area contributed by atoms with Crippen LogP contribution >= 0.6 is 0 Å². The Hall–Kier alpha value is -3.61. The summed E-state index contributed by atoms with van der Waals surface area (Å²) >= 11 is 0. The number of rotatable bonds is 6. The van der Waals surface area contributed by atoms with Crippen LogP contribution in [0.25, 0.3) is 11.3 Å². The zero-order valence-electron chi connectivity index (χ0n) is 19.1. The SMILES string of the molecule is CCCNC(=O)n1nc(-c2ccc(NC(=O)c3ccc(C)cc3)cc2O)cc1C1CCCC1. The van der Waals surface area contributed by atoms with E-state index in [0.717, 1.165) is 43.4 Å². The Morgan fingerprint density at radius 3 is 2.48 bits per heavy atom. The minimum Gasteiger partial charge on any atom is -0.507 e. The molecule has 0 aliphatic heterocycles. The summed E-state index contributed by atoms with van der Waals surface area (Å²) in [6.45, 7) is 4.55. The Morgan fingerprint density at radius 2 is 1.82 bits per heavy atom. The second-order valence-electron chi connectivity index (χ2n) is 8.63. The number of hydrogen-bond donors (Lipinski definition) is 3. The first-order chi connectivity index (χ1) is 16.0. The number of carbonyl (C=O) groups excluding carboxylic acids is 2. The zero-order valence-corrected chi connectivity index (χ0v) is 19.1. The van der Waals surface area contributed by atoms with Gasteiger partial charge in [0.05, 0.1) is 11.4 Å². The number of phenolic OH excluding ortho intramolecular Hbond substituents is 1. The van der Waals surface area contributed by atoms with Gasteiger partial charge in [-0.25, -0.2) is 4.79 Å². The number of benzene rings is 2. The number of carbonyl (C=O) groups is 2. The van der Waals surface area contributed by atoms with Gasteiger partial charge in [-0.15, -0.1) is 0 Å². The summed E-state index contributed by atoms with van der Waals surface area (Å²) in [6, 6.07) is 13.9. The van der Waals surface area contributed by atoms with E-state index in [4.69, 9.17) is 0 Å². The fraction of sp³-hybridized carbons (Fsp3) is 0.346. The number of hydrogen-bond acceptors (Lipinski definition) is 4. The van der Waals surface area contributed by atoms with Crippen LogP contribution in [0.4, 0.5) is 10.5 Å². The summed E-state index contributed by atoms with van der Waals surface area (Å²) in [6.07, 6.45) is 5.18. The molecule has 0 radical (unpaired) electrons. The summed E-state index contributed by atoms with van der Waals surface area (Å²) in [5, 5.41) is 21.0. The first-order valence-electron chi connectivity index (χ1n) is 11.6. The predicted octanol–water partition coefficient (Wildman–Crippen LogP) is 5.44. The third-order valence-corrected chi connectivity index (χ3v) is 6.07. The van der Waals surface area contributed by atoms with Crippen molar-refractivity contribution in [3.8, 4) is 17.0 Å². The third kappa shape index (κ3) is 5.08. The number of aryl methyl sites for hydroxylation is 1. The van der Waals surface area contributed by atoms with Gasteiger partial charge >= 0.3 is 6.03 Å². The van der Waals surface area contributed by atoms with Crippen LogP contribution in [-0.2, 0) is 0 Å². The average molecular weight is 447 g/mol. The predicted molar refractivity (Wildman–Crippen MR) is 129 cm³/mol. The van der Waals surface area contributed by atoms with Gasteiger partial charge in [-0.2, -0.15) is 9.78 Å². The van der Waals surface area contributed by atoms with Crippen molar-refractivity contribution in [1.82, 2.24) is 15.1 Å². The maximum atomic E-state index is 12.7. The van der Waals surface area contributed by atoms with Crippen molar-refractivity contribution < 1.29 is 14.7 Å². The summed E-state index contributed by atoms with van der Waals surface area (Å²) in [5.74, 6) is 0.0321. The van der Waals surface area contributed by atoms with Gasteiger partial charge in [-0.3, -0.25) is 4.79 Å². The molecule has 0 unspecified atom stereocenters. The van der Waals surface area contributed by atoms with Gasteiger partial charge in [0, 0.05) is 35.3 Å². The summed E-state index contributed by atoms with van der Waals surface area (Å²) in [7, 11) is 0. The van der Waals surface area contributed by atoms with E-state index < -0.39 is 0 Å². The minimum absolute atomic E-state index is 0.00621. The number of aromatic nitrogens is 2.